The van der Waals surface area contributed by atoms with Crippen molar-refractivity contribution in [3.05, 3.63) is 0 Å². The SMILES string of the molecule is O=C(Cl)CCCN1CCCCCC1. The molecule has 0 aromatic carbocycles. The summed E-state index contributed by atoms with van der Waals surface area (Å²) in [6.45, 7) is 3.45. The highest BCUT2D eigenvalue weighted by Gasteiger charge is 2.08. The highest BCUT2D eigenvalue weighted by molar-refractivity contribution is 6.63. The minimum atomic E-state index is -0.199. The van der Waals surface area contributed by atoms with Gasteiger partial charge in [0.2, 0.25) is 5.24 Å². The number of halogens is 1. The molecular weight excluding hydrogens is 186 g/mol. The Labute approximate surface area is 85.2 Å². The van der Waals surface area contributed by atoms with E-state index < -0.39 is 0 Å². The molecule has 0 N–H and O–H groups in total. The van der Waals surface area contributed by atoms with Crippen LogP contribution in [0.2, 0.25) is 0 Å². The van der Waals surface area contributed by atoms with Crippen LogP contribution in [0, 0.1) is 0 Å². The average Bonchev–Trinajstić information content (AvgIpc) is 2.32. The van der Waals surface area contributed by atoms with Gasteiger partial charge in [0.25, 0.3) is 0 Å². The van der Waals surface area contributed by atoms with Crippen molar-refractivity contribution in [3.63, 3.8) is 0 Å². The van der Waals surface area contributed by atoms with Crippen molar-refractivity contribution in [2.75, 3.05) is 19.6 Å². The summed E-state index contributed by atoms with van der Waals surface area (Å²) in [7, 11) is 0. The Morgan fingerprint density at radius 2 is 1.77 bits per heavy atom. The fourth-order valence-electron chi connectivity index (χ4n) is 1.80. The fourth-order valence-corrected chi connectivity index (χ4v) is 1.94. The molecule has 0 aliphatic carbocycles. The first-order valence-electron chi connectivity index (χ1n) is 5.20. The molecule has 1 heterocycles. The van der Waals surface area contributed by atoms with Crippen LogP contribution in [-0.4, -0.2) is 29.8 Å². The molecule has 1 aliphatic heterocycles. The lowest BCUT2D eigenvalue weighted by Gasteiger charge is -2.18. The van der Waals surface area contributed by atoms with Gasteiger partial charge in [0.05, 0.1) is 0 Å². The third-order valence-electron chi connectivity index (χ3n) is 2.55. The van der Waals surface area contributed by atoms with E-state index in [0.29, 0.717) is 6.42 Å². The number of nitrogens with zero attached hydrogens (tertiary/aromatic N) is 1. The van der Waals surface area contributed by atoms with Gasteiger partial charge in [-0.1, -0.05) is 12.8 Å². The molecule has 2 nitrogen and oxygen atoms in total. The van der Waals surface area contributed by atoms with Crippen LogP contribution in [0.25, 0.3) is 0 Å². The van der Waals surface area contributed by atoms with Gasteiger partial charge in [-0.3, -0.25) is 4.79 Å². The zero-order chi connectivity index (χ0) is 9.52. The van der Waals surface area contributed by atoms with Crippen molar-refractivity contribution in [2.24, 2.45) is 0 Å². The highest BCUT2D eigenvalue weighted by atomic mass is 35.5. The molecule has 1 rings (SSSR count). The Morgan fingerprint density at radius 3 is 2.31 bits per heavy atom. The van der Waals surface area contributed by atoms with Crippen LogP contribution in [0.5, 0.6) is 0 Å². The Morgan fingerprint density at radius 1 is 1.15 bits per heavy atom. The van der Waals surface area contributed by atoms with E-state index in [4.69, 9.17) is 11.6 Å². The Kier molecular flexibility index (Phi) is 5.40. The monoisotopic (exact) mass is 203 g/mol. The van der Waals surface area contributed by atoms with E-state index in [2.05, 4.69) is 4.90 Å². The van der Waals surface area contributed by atoms with Crippen LogP contribution in [0.15, 0.2) is 0 Å². The van der Waals surface area contributed by atoms with Crippen LogP contribution in [0.1, 0.15) is 38.5 Å². The Hall–Kier alpha value is -0.0800. The van der Waals surface area contributed by atoms with E-state index in [1.54, 1.807) is 0 Å². The maximum atomic E-state index is 10.5. The van der Waals surface area contributed by atoms with Gasteiger partial charge in [-0.2, -0.15) is 0 Å². The molecule has 0 aromatic heterocycles. The number of carbonyl (C=O) groups excluding carboxylic acids is 1. The molecule has 0 unspecified atom stereocenters. The molecule has 0 saturated carbocycles. The maximum absolute atomic E-state index is 10.5. The van der Waals surface area contributed by atoms with E-state index in [1.807, 2.05) is 0 Å². The largest absolute Gasteiger partial charge is 0.303 e. The van der Waals surface area contributed by atoms with Gasteiger partial charge >= 0.3 is 0 Å². The second kappa shape index (κ2) is 6.39. The molecule has 0 bridgehead atoms. The summed E-state index contributed by atoms with van der Waals surface area (Å²) < 4.78 is 0. The van der Waals surface area contributed by atoms with Crippen molar-refractivity contribution >= 4 is 16.8 Å². The molecule has 0 spiro atoms. The van der Waals surface area contributed by atoms with Crippen molar-refractivity contribution in [1.29, 1.82) is 0 Å². The molecule has 0 amide bonds. The average molecular weight is 204 g/mol. The van der Waals surface area contributed by atoms with Gasteiger partial charge in [0.1, 0.15) is 0 Å². The van der Waals surface area contributed by atoms with E-state index in [0.717, 1.165) is 13.0 Å². The quantitative estimate of drug-likeness (QED) is 0.655. The predicted molar refractivity (Wildman–Crippen MR) is 55.0 cm³/mol. The number of carbonyl (C=O) groups is 1. The highest BCUT2D eigenvalue weighted by Crippen LogP contribution is 2.10. The molecule has 1 fully saturated rings. The summed E-state index contributed by atoms with van der Waals surface area (Å²) in [6, 6.07) is 0. The molecule has 0 aromatic rings. The van der Waals surface area contributed by atoms with Crippen LogP contribution < -0.4 is 0 Å². The van der Waals surface area contributed by atoms with E-state index in [1.165, 1.54) is 38.8 Å². The summed E-state index contributed by atoms with van der Waals surface area (Å²) in [5, 5.41) is -0.199. The van der Waals surface area contributed by atoms with Gasteiger partial charge in [-0.05, 0) is 50.5 Å². The molecule has 3 heteroatoms. The lowest BCUT2D eigenvalue weighted by molar-refractivity contribution is -0.111. The third kappa shape index (κ3) is 5.27. The van der Waals surface area contributed by atoms with Gasteiger partial charge < -0.3 is 4.90 Å². The summed E-state index contributed by atoms with van der Waals surface area (Å²) in [5.41, 5.74) is 0. The first-order chi connectivity index (χ1) is 6.29. The standard InChI is InChI=1S/C10H18ClNO/c11-10(13)6-5-9-12-7-3-1-2-4-8-12/h1-9H2. The normalized spacial score (nSPS) is 19.8. The van der Waals surface area contributed by atoms with Crippen molar-refractivity contribution in [3.8, 4) is 0 Å². The topological polar surface area (TPSA) is 20.3 Å². The zero-order valence-electron chi connectivity index (χ0n) is 8.10. The number of hydrogen-bond acceptors (Lipinski definition) is 2. The second-order valence-electron chi connectivity index (χ2n) is 3.71. The van der Waals surface area contributed by atoms with Crippen LogP contribution in [0.3, 0.4) is 0 Å². The van der Waals surface area contributed by atoms with Crippen molar-refractivity contribution in [1.82, 2.24) is 4.90 Å². The Bertz CT molecular complexity index is 153. The van der Waals surface area contributed by atoms with E-state index >= 15 is 0 Å². The van der Waals surface area contributed by atoms with Gasteiger partial charge in [-0.15, -0.1) is 0 Å². The van der Waals surface area contributed by atoms with Crippen LogP contribution in [-0.2, 0) is 4.79 Å². The summed E-state index contributed by atoms with van der Waals surface area (Å²) >= 11 is 5.27. The number of likely N-dealkylation sites (tertiary alicyclic amines) is 1. The lowest BCUT2D eigenvalue weighted by atomic mass is 10.2. The first-order valence-corrected chi connectivity index (χ1v) is 5.57. The predicted octanol–water partition coefficient (Wildman–Crippen LogP) is 2.41. The number of hydrogen-bond donors (Lipinski definition) is 0. The summed E-state index contributed by atoms with van der Waals surface area (Å²) in [5.74, 6) is 0. The van der Waals surface area contributed by atoms with Gasteiger partial charge in [-0.25, -0.2) is 0 Å². The molecule has 1 saturated heterocycles. The summed E-state index contributed by atoms with van der Waals surface area (Å²) in [6.07, 6.45) is 6.81. The van der Waals surface area contributed by atoms with Gasteiger partial charge in [0, 0.05) is 6.42 Å². The molecule has 0 radical (unpaired) electrons. The second-order valence-corrected chi connectivity index (χ2v) is 4.14. The van der Waals surface area contributed by atoms with Crippen molar-refractivity contribution < 1.29 is 4.79 Å². The van der Waals surface area contributed by atoms with E-state index in [9.17, 15) is 4.79 Å². The lowest BCUT2D eigenvalue weighted by Crippen LogP contribution is -2.25. The van der Waals surface area contributed by atoms with Gasteiger partial charge in [0.15, 0.2) is 0 Å². The minimum Gasteiger partial charge on any atom is -0.303 e. The first kappa shape index (κ1) is 11.0. The molecule has 0 atom stereocenters. The number of rotatable bonds is 4. The Balaban J connectivity index is 2.08. The fraction of sp³-hybridized carbons (Fsp3) is 0.900. The van der Waals surface area contributed by atoms with E-state index in [-0.39, 0.29) is 5.24 Å². The summed E-state index contributed by atoms with van der Waals surface area (Å²) in [4.78, 5) is 13.0. The molecule has 1 aliphatic rings. The smallest absolute Gasteiger partial charge is 0.221 e. The van der Waals surface area contributed by atoms with Crippen molar-refractivity contribution in [2.45, 2.75) is 38.5 Å². The maximum Gasteiger partial charge on any atom is 0.221 e. The zero-order valence-corrected chi connectivity index (χ0v) is 8.85. The molecule has 76 valence electrons. The van der Waals surface area contributed by atoms with Crippen LogP contribution in [0.4, 0.5) is 0 Å². The minimum absolute atomic E-state index is 0.199. The molecular formula is C10H18ClNO. The third-order valence-corrected chi connectivity index (χ3v) is 2.74. The molecule has 13 heavy (non-hydrogen) atoms. The van der Waals surface area contributed by atoms with Crippen LogP contribution >= 0.6 is 11.6 Å².